The second-order valence-electron chi connectivity index (χ2n) is 6.10. The molecule has 0 aromatic rings. The van der Waals surface area contributed by atoms with Gasteiger partial charge in [-0.1, -0.05) is 6.08 Å². The fourth-order valence-electron chi connectivity index (χ4n) is 2.09. The van der Waals surface area contributed by atoms with Gasteiger partial charge in [-0.15, -0.1) is 6.58 Å². The van der Waals surface area contributed by atoms with Gasteiger partial charge in [0.2, 0.25) is 5.91 Å². The maximum atomic E-state index is 12.2. The van der Waals surface area contributed by atoms with Gasteiger partial charge in [0, 0.05) is 18.6 Å². The van der Waals surface area contributed by atoms with Crippen molar-refractivity contribution in [1.82, 2.24) is 10.6 Å². The van der Waals surface area contributed by atoms with Crippen molar-refractivity contribution < 1.29 is 4.79 Å². The maximum absolute atomic E-state index is 12.2. The summed E-state index contributed by atoms with van der Waals surface area (Å²) < 4.78 is 0. The average molecular weight is 224 g/mol. The summed E-state index contributed by atoms with van der Waals surface area (Å²) >= 11 is 0. The Morgan fingerprint density at radius 2 is 2.19 bits per heavy atom. The van der Waals surface area contributed by atoms with Gasteiger partial charge in [0.25, 0.3) is 0 Å². The van der Waals surface area contributed by atoms with Crippen molar-refractivity contribution in [2.45, 2.75) is 39.7 Å². The minimum absolute atomic E-state index is 0.138. The highest BCUT2D eigenvalue weighted by Gasteiger charge is 2.38. The molecule has 16 heavy (non-hydrogen) atoms. The number of hydrogen-bond donors (Lipinski definition) is 2. The lowest BCUT2D eigenvalue weighted by atomic mass is 9.76. The molecule has 1 amide bonds. The molecule has 1 fully saturated rings. The van der Waals surface area contributed by atoms with Gasteiger partial charge in [-0.3, -0.25) is 4.79 Å². The van der Waals surface area contributed by atoms with Crippen molar-refractivity contribution in [3.05, 3.63) is 12.7 Å². The normalized spacial score (nSPS) is 30.9. The van der Waals surface area contributed by atoms with E-state index < -0.39 is 0 Å². The molecule has 0 bridgehead atoms. The molecule has 92 valence electrons. The second kappa shape index (κ2) is 4.58. The van der Waals surface area contributed by atoms with Gasteiger partial charge in [-0.05, 0) is 40.0 Å². The number of carbonyl (C=O) groups excluding carboxylic acids is 1. The molecule has 1 heterocycles. The highest BCUT2D eigenvalue weighted by molar-refractivity contribution is 5.83. The molecule has 3 nitrogen and oxygen atoms in total. The lowest BCUT2D eigenvalue weighted by Crippen LogP contribution is -2.55. The summed E-state index contributed by atoms with van der Waals surface area (Å²) in [7, 11) is 0. The van der Waals surface area contributed by atoms with Crippen LogP contribution in [-0.4, -0.2) is 24.5 Å². The zero-order chi connectivity index (χ0) is 12.4. The third kappa shape index (κ3) is 3.34. The minimum Gasteiger partial charge on any atom is -0.351 e. The van der Waals surface area contributed by atoms with Gasteiger partial charge in [0.1, 0.15) is 0 Å². The summed E-state index contributed by atoms with van der Waals surface area (Å²) in [5.41, 5.74) is -0.481. The fraction of sp³-hybridized carbons (Fsp3) is 0.769. The highest BCUT2D eigenvalue weighted by Crippen LogP contribution is 2.30. The Kier molecular flexibility index (Phi) is 3.79. The van der Waals surface area contributed by atoms with E-state index in [0.717, 1.165) is 19.5 Å². The Bertz CT molecular complexity index is 280. The number of piperidine rings is 1. The molecule has 2 N–H and O–H groups in total. The van der Waals surface area contributed by atoms with Gasteiger partial charge < -0.3 is 10.6 Å². The minimum atomic E-state index is -0.315. The Labute approximate surface area is 98.7 Å². The first-order chi connectivity index (χ1) is 7.27. The van der Waals surface area contributed by atoms with E-state index >= 15 is 0 Å². The molecular formula is C13H24N2O. The van der Waals surface area contributed by atoms with Gasteiger partial charge in [-0.2, -0.15) is 0 Å². The zero-order valence-electron chi connectivity index (χ0n) is 10.9. The van der Waals surface area contributed by atoms with Crippen molar-refractivity contribution in [1.29, 1.82) is 0 Å². The Hall–Kier alpha value is -0.830. The molecule has 3 heteroatoms. The SMILES string of the molecule is C=C[C@H]1CNC[C@](C)(C(=O)NC(C)(C)C)C1. The van der Waals surface area contributed by atoms with Crippen molar-refractivity contribution in [3.63, 3.8) is 0 Å². The van der Waals surface area contributed by atoms with E-state index in [4.69, 9.17) is 0 Å². The molecule has 2 atom stereocenters. The molecule has 0 unspecified atom stereocenters. The molecule has 0 radical (unpaired) electrons. The molecule has 1 saturated heterocycles. The van der Waals surface area contributed by atoms with Crippen molar-refractivity contribution in [2.24, 2.45) is 11.3 Å². The fourth-order valence-corrected chi connectivity index (χ4v) is 2.09. The summed E-state index contributed by atoms with van der Waals surface area (Å²) in [6.45, 7) is 13.5. The topological polar surface area (TPSA) is 41.1 Å². The predicted molar refractivity (Wildman–Crippen MR) is 67.2 cm³/mol. The van der Waals surface area contributed by atoms with E-state index in [1.807, 2.05) is 33.8 Å². The summed E-state index contributed by atoms with van der Waals surface area (Å²) in [6, 6.07) is 0. The van der Waals surface area contributed by atoms with Crippen LogP contribution in [0.5, 0.6) is 0 Å². The average Bonchev–Trinajstić information content (AvgIpc) is 2.15. The Morgan fingerprint density at radius 1 is 1.56 bits per heavy atom. The number of rotatable bonds is 2. The number of nitrogens with one attached hydrogen (secondary N) is 2. The van der Waals surface area contributed by atoms with Crippen LogP contribution in [0.2, 0.25) is 0 Å². The Morgan fingerprint density at radius 3 is 2.69 bits per heavy atom. The van der Waals surface area contributed by atoms with E-state index in [1.165, 1.54) is 0 Å². The lowest BCUT2D eigenvalue weighted by molar-refractivity contribution is -0.133. The van der Waals surface area contributed by atoms with Crippen LogP contribution in [0.1, 0.15) is 34.1 Å². The van der Waals surface area contributed by atoms with Crippen LogP contribution in [0.3, 0.4) is 0 Å². The zero-order valence-corrected chi connectivity index (χ0v) is 10.9. The molecule has 0 aliphatic carbocycles. The van der Waals surface area contributed by atoms with Crippen molar-refractivity contribution >= 4 is 5.91 Å². The molecule has 0 saturated carbocycles. The first kappa shape index (κ1) is 13.2. The van der Waals surface area contributed by atoms with Gasteiger partial charge in [0.05, 0.1) is 5.41 Å². The Balaban J connectivity index is 2.69. The highest BCUT2D eigenvalue weighted by atomic mass is 16.2. The van der Waals surface area contributed by atoms with Crippen molar-refractivity contribution in [3.8, 4) is 0 Å². The van der Waals surface area contributed by atoms with Crippen LogP contribution < -0.4 is 10.6 Å². The maximum Gasteiger partial charge on any atom is 0.227 e. The van der Waals surface area contributed by atoms with Gasteiger partial charge in [0.15, 0.2) is 0 Å². The van der Waals surface area contributed by atoms with Crippen LogP contribution in [-0.2, 0) is 4.79 Å². The van der Waals surface area contributed by atoms with Crippen LogP contribution in [0.15, 0.2) is 12.7 Å². The van der Waals surface area contributed by atoms with Crippen molar-refractivity contribution in [2.75, 3.05) is 13.1 Å². The number of carbonyl (C=O) groups is 1. The third-order valence-electron chi connectivity index (χ3n) is 3.00. The summed E-state index contributed by atoms with van der Waals surface area (Å²) in [6.07, 6.45) is 2.82. The first-order valence-electron chi connectivity index (χ1n) is 5.93. The number of hydrogen-bond acceptors (Lipinski definition) is 2. The first-order valence-corrected chi connectivity index (χ1v) is 5.93. The molecule has 1 aliphatic heterocycles. The van der Waals surface area contributed by atoms with E-state index in [2.05, 4.69) is 17.2 Å². The summed E-state index contributed by atoms with van der Waals surface area (Å²) in [4.78, 5) is 12.2. The monoisotopic (exact) mass is 224 g/mol. The van der Waals surface area contributed by atoms with E-state index in [9.17, 15) is 4.79 Å². The molecular weight excluding hydrogens is 200 g/mol. The smallest absolute Gasteiger partial charge is 0.227 e. The van der Waals surface area contributed by atoms with Crippen LogP contribution >= 0.6 is 0 Å². The number of amides is 1. The summed E-state index contributed by atoms with van der Waals surface area (Å²) in [5.74, 6) is 0.531. The van der Waals surface area contributed by atoms with E-state index in [1.54, 1.807) is 0 Å². The standard InChI is InChI=1S/C13H24N2O/c1-6-10-7-13(5,9-14-8-10)11(16)15-12(2,3)4/h6,10,14H,1,7-9H2,2-5H3,(H,15,16)/t10-,13-/m1/s1. The van der Waals surface area contributed by atoms with E-state index in [-0.39, 0.29) is 16.9 Å². The molecule has 0 aromatic carbocycles. The lowest BCUT2D eigenvalue weighted by Gasteiger charge is -2.38. The predicted octanol–water partition coefficient (Wildman–Crippen LogP) is 1.70. The molecule has 1 rings (SSSR count). The molecule has 1 aliphatic rings. The second-order valence-corrected chi connectivity index (χ2v) is 6.10. The van der Waals surface area contributed by atoms with E-state index in [0.29, 0.717) is 5.92 Å². The van der Waals surface area contributed by atoms with Crippen LogP contribution in [0.4, 0.5) is 0 Å². The quantitative estimate of drug-likeness (QED) is 0.701. The van der Waals surface area contributed by atoms with Crippen LogP contribution in [0.25, 0.3) is 0 Å². The summed E-state index contributed by atoms with van der Waals surface area (Å²) in [5, 5.41) is 6.37. The van der Waals surface area contributed by atoms with Gasteiger partial charge >= 0.3 is 0 Å². The largest absolute Gasteiger partial charge is 0.351 e. The third-order valence-corrected chi connectivity index (χ3v) is 3.00. The molecule has 0 aromatic heterocycles. The molecule has 0 spiro atoms. The van der Waals surface area contributed by atoms with Gasteiger partial charge in [-0.25, -0.2) is 0 Å². The van der Waals surface area contributed by atoms with Crippen LogP contribution in [0, 0.1) is 11.3 Å².